The molecular weight excluding hydrogens is 164 g/mol. The average molecular weight is 179 g/mol. The molecule has 0 amide bonds. The number of unbranched alkanes of at least 4 members (excludes halogenated alkanes) is 1. The van der Waals surface area contributed by atoms with Crippen molar-refractivity contribution < 1.29 is 9.47 Å². The van der Waals surface area contributed by atoms with Crippen LogP contribution in [0.1, 0.15) is 19.8 Å². The molecule has 0 atom stereocenters. The summed E-state index contributed by atoms with van der Waals surface area (Å²) >= 11 is 0. The second-order valence-electron chi connectivity index (χ2n) is 2.79. The van der Waals surface area contributed by atoms with Crippen LogP contribution in [0.5, 0.6) is 11.5 Å². The zero-order valence-corrected chi connectivity index (χ0v) is 8.17. The van der Waals surface area contributed by atoms with E-state index in [9.17, 15) is 0 Å². The minimum Gasteiger partial charge on any atom is -0.497 e. The minimum absolute atomic E-state index is 0.763. The Bertz CT molecular complexity index is 228. The number of hydrogen-bond acceptors (Lipinski definition) is 2. The third-order valence-electron chi connectivity index (χ3n) is 1.75. The first-order valence-electron chi connectivity index (χ1n) is 4.55. The van der Waals surface area contributed by atoms with Crippen molar-refractivity contribution >= 4 is 0 Å². The smallest absolute Gasteiger partial charge is 0.127 e. The largest absolute Gasteiger partial charge is 0.497 e. The molecule has 0 saturated carbocycles. The van der Waals surface area contributed by atoms with Gasteiger partial charge in [-0.15, -0.1) is 0 Å². The zero-order chi connectivity index (χ0) is 9.52. The third-order valence-corrected chi connectivity index (χ3v) is 1.75. The SMILES string of the molecule is CCCCOc1[c]cc(OC)cc1. The Morgan fingerprint density at radius 2 is 2.23 bits per heavy atom. The second-order valence-corrected chi connectivity index (χ2v) is 2.79. The first kappa shape index (κ1) is 9.90. The van der Waals surface area contributed by atoms with Crippen LogP contribution in [-0.4, -0.2) is 13.7 Å². The second kappa shape index (κ2) is 5.46. The Hall–Kier alpha value is -1.18. The van der Waals surface area contributed by atoms with Gasteiger partial charge in [-0.05, 0) is 24.6 Å². The van der Waals surface area contributed by atoms with Gasteiger partial charge in [0.25, 0.3) is 0 Å². The third kappa shape index (κ3) is 3.36. The fourth-order valence-electron chi connectivity index (χ4n) is 0.940. The molecule has 0 heterocycles. The highest BCUT2D eigenvalue weighted by Gasteiger charge is 1.94. The van der Waals surface area contributed by atoms with E-state index in [4.69, 9.17) is 9.47 Å². The van der Waals surface area contributed by atoms with Gasteiger partial charge in [0.15, 0.2) is 0 Å². The van der Waals surface area contributed by atoms with Gasteiger partial charge in [-0.3, -0.25) is 0 Å². The van der Waals surface area contributed by atoms with Crippen molar-refractivity contribution in [3.05, 3.63) is 24.3 Å². The van der Waals surface area contributed by atoms with Gasteiger partial charge in [-0.25, -0.2) is 0 Å². The van der Waals surface area contributed by atoms with Crippen molar-refractivity contribution in [2.45, 2.75) is 19.8 Å². The van der Waals surface area contributed by atoms with Crippen molar-refractivity contribution in [3.63, 3.8) is 0 Å². The van der Waals surface area contributed by atoms with Crippen LogP contribution in [0.15, 0.2) is 18.2 Å². The predicted molar refractivity (Wildman–Crippen MR) is 52.2 cm³/mol. The number of rotatable bonds is 5. The highest BCUT2D eigenvalue weighted by molar-refractivity contribution is 5.29. The molecule has 0 aromatic heterocycles. The van der Waals surface area contributed by atoms with E-state index < -0.39 is 0 Å². The van der Waals surface area contributed by atoms with Crippen LogP contribution >= 0.6 is 0 Å². The fourth-order valence-corrected chi connectivity index (χ4v) is 0.940. The molecule has 13 heavy (non-hydrogen) atoms. The molecule has 1 radical (unpaired) electrons. The zero-order valence-electron chi connectivity index (χ0n) is 8.17. The number of methoxy groups -OCH3 is 1. The number of ether oxygens (including phenoxy) is 2. The van der Waals surface area contributed by atoms with Gasteiger partial charge >= 0.3 is 0 Å². The van der Waals surface area contributed by atoms with Crippen LogP contribution in [0, 0.1) is 6.07 Å². The topological polar surface area (TPSA) is 18.5 Å². The summed E-state index contributed by atoms with van der Waals surface area (Å²) in [5.74, 6) is 1.59. The van der Waals surface area contributed by atoms with Crippen LogP contribution in [-0.2, 0) is 0 Å². The summed E-state index contributed by atoms with van der Waals surface area (Å²) in [5.41, 5.74) is 0. The minimum atomic E-state index is 0.763. The van der Waals surface area contributed by atoms with E-state index in [2.05, 4.69) is 13.0 Å². The normalized spacial score (nSPS) is 9.69. The van der Waals surface area contributed by atoms with Crippen LogP contribution in [0.2, 0.25) is 0 Å². The van der Waals surface area contributed by atoms with E-state index in [-0.39, 0.29) is 0 Å². The van der Waals surface area contributed by atoms with Crippen molar-refractivity contribution in [1.82, 2.24) is 0 Å². The van der Waals surface area contributed by atoms with E-state index in [1.165, 1.54) is 0 Å². The van der Waals surface area contributed by atoms with E-state index >= 15 is 0 Å². The maximum absolute atomic E-state index is 5.43. The summed E-state index contributed by atoms with van der Waals surface area (Å²) in [4.78, 5) is 0. The monoisotopic (exact) mass is 179 g/mol. The standard InChI is InChI=1S/C11H15O2/c1-3-4-9-13-11-7-5-10(12-2)6-8-11/h5-7H,3-4,9H2,1-2H3. The van der Waals surface area contributed by atoms with Gasteiger partial charge in [0, 0.05) is 6.07 Å². The van der Waals surface area contributed by atoms with Gasteiger partial charge in [-0.2, -0.15) is 0 Å². The molecule has 2 heteroatoms. The highest BCUT2D eigenvalue weighted by Crippen LogP contribution is 2.16. The van der Waals surface area contributed by atoms with Gasteiger partial charge in [0.1, 0.15) is 11.5 Å². The van der Waals surface area contributed by atoms with Crippen molar-refractivity contribution in [2.75, 3.05) is 13.7 Å². The van der Waals surface area contributed by atoms with Crippen LogP contribution < -0.4 is 9.47 Å². The van der Waals surface area contributed by atoms with Crippen molar-refractivity contribution in [1.29, 1.82) is 0 Å². The molecule has 0 saturated heterocycles. The molecule has 1 rings (SSSR count). The lowest BCUT2D eigenvalue weighted by Crippen LogP contribution is -1.96. The molecule has 0 aliphatic carbocycles. The average Bonchev–Trinajstić information content (AvgIpc) is 2.19. The fraction of sp³-hybridized carbons (Fsp3) is 0.455. The maximum Gasteiger partial charge on any atom is 0.127 e. The number of hydrogen-bond donors (Lipinski definition) is 0. The molecule has 1 aromatic carbocycles. The van der Waals surface area contributed by atoms with E-state index in [0.717, 1.165) is 30.9 Å². The Morgan fingerprint density at radius 1 is 1.38 bits per heavy atom. The molecule has 2 nitrogen and oxygen atoms in total. The maximum atomic E-state index is 5.43. The number of benzene rings is 1. The van der Waals surface area contributed by atoms with Gasteiger partial charge in [0.05, 0.1) is 13.7 Å². The predicted octanol–water partition coefficient (Wildman–Crippen LogP) is 2.67. The van der Waals surface area contributed by atoms with E-state index in [0.29, 0.717) is 0 Å². The Balaban J connectivity index is 2.40. The lowest BCUT2D eigenvalue weighted by Gasteiger charge is -2.05. The molecule has 0 aliphatic heterocycles. The molecule has 1 aromatic rings. The van der Waals surface area contributed by atoms with Gasteiger partial charge in [-0.1, -0.05) is 13.3 Å². The molecule has 0 unspecified atom stereocenters. The molecular formula is C11H15O2. The molecule has 0 fully saturated rings. The Morgan fingerprint density at radius 3 is 2.77 bits per heavy atom. The van der Waals surface area contributed by atoms with Crippen LogP contribution in [0.3, 0.4) is 0 Å². The molecule has 0 spiro atoms. The summed E-state index contributed by atoms with van der Waals surface area (Å²) in [7, 11) is 1.64. The van der Waals surface area contributed by atoms with Crippen molar-refractivity contribution in [2.24, 2.45) is 0 Å². The lowest BCUT2D eigenvalue weighted by molar-refractivity contribution is 0.308. The van der Waals surface area contributed by atoms with E-state index in [1.807, 2.05) is 12.1 Å². The molecule has 71 valence electrons. The quantitative estimate of drug-likeness (QED) is 0.647. The Labute approximate surface area is 79.5 Å². The molecule has 0 aliphatic rings. The van der Waals surface area contributed by atoms with Gasteiger partial charge < -0.3 is 9.47 Å². The van der Waals surface area contributed by atoms with Crippen molar-refractivity contribution in [3.8, 4) is 11.5 Å². The van der Waals surface area contributed by atoms with Crippen LogP contribution in [0.25, 0.3) is 0 Å². The summed E-state index contributed by atoms with van der Waals surface area (Å²) in [5, 5.41) is 0. The lowest BCUT2D eigenvalue weighted by atomic mass is 10.3. The first-order valence-corrected chi connectivity index (χ1v) is 4.55. The first-order chi connectivity index (χ1) is 6.36. The molecule has 0 bridgehead atoms. The van der Waals surface area contributed by atoms with E-state index in [1.54, 1.807) is 13.2 Å². The van der Waals surface area contributed by atoms with Crippen LogP contribution in [0.4, 0.5) is 0 Å². The highest BCUT2D eigenvalue weighted by atomic mass is 16.5. The molecule has 0 N–H and O–H groups in total. The summed E-state index contributed by atoms with van der Waals surface area (Å²) in [6.07, 6.45) is 2.23. The summed E-state index contributed by atoms with van der Waals surface area (Å²) in [6.45, 7) is 2.90. The summed E-state index contributed by atoms with van der Waals surface area (Å²) in [6, 6.07) is 8.52. The Kier molecular flexibility index (Phi) is 4.16. The van der Waals surface area contributed by atoms with Gasteiger partial charge in [0.2, 0.25) is 0 Å². The summed E-state index contributed by atoms with van der Waals surface area (Å²) < 4.78 is 10.4.